The number of piperidine rings is 1. The molecule has 1 N–H and O–H groups in total. The maximum Gasteiger partial charge on any atom is 0.261 e. The Hall–Kier alpha value is -1.93. The third-order valence-electron chi connectivity index (χ3n) is 5.80. The molecular formula is C19H26N4O3S. The lowest BCUT2D eigenvalue weighted by atomic mass is 9.84. The van der Waals surface area contributed by atoms with Crippen molar-refractivity contribution in [1.29, 1.82) is 0 Å². The van der Waals surface area contributed by atoms with Gasteiger partial charge in [0.15, 0.2) is 9.84 Å². The highest BCUT2D eigenvalue weighted by atomic mass is 32.2. The van der Waals surface area contributed by atoms with E-state index >= 15 is 0 Å². The Labute approximate surface area is 159 Å². The van der Waals surface area contributed by atoms with Gasteiger partial charge in [0.25, 0.3) is 5.56 Å². The Balaban J connectivity index is 1.67. The number of imidazole rings is 1. The number of rotatable bonds is 5. The monoisotopic (exact) mass is 390 g/mol. The number of pyridine rings is 1. The first-order valence-corrected chi connectivity index (χ1v) is 11.3. The first-order valence-electron chi connectivity index (χ1n) is 9.54. The molecule has 2 aromatic heterocycles. The van der Waals surface area contributed by atoms with E-state index in [-0.39, 0.29) is 11.3 Å². The summed E-state index contributed by atoms with van der Waals surface area (Å²) in [5.41, 5.74) is 1.61. The van der Waals surface area contributed by atoms with Gasteiger partial charge in [0.1, 0.15) is 5.82 Å². The molecule has 0 aromatic carbocycles. The number of nitrogens with one attached hydrogen (secondary N) is 1. The molecule has 4 rings (SSSR count). The number of nitrogens with zero attached hydrogens (tertiary/aromatic N) is 3. The van der Waals surface area contributed by atoms with Crippen molar-refractivity contribution in [1.82, 2.24) is 19.4 Å². The van der Waals surface area contributed by atoms with Crippen molar-refractivity contribution in [3.63, 3.8) is 0 Å². The van der Waals surface area contributed by atoms with Crippen LogP contribution in [0.5, 0.6) is 0 Å². The number of aromatic nitrogens is 3. The van der Waals surface area contributed by atoms with E-state index in [4.69, 9.17) is 0 Å². The summed E-state index contributed by atoms with van der Waals surface area (Å²) in [5, 5.41) is 3.04. The van der Waals surface area contributed by atoms with Crippen molar-refractivity contribution in [2.75, 3.05) is 18.8 Å². The maximum atomic E-state index is 13.2. The first-order chi connectivity index (χ1) is 12.9. The van der Waals surface area contributed by atoms with Crippen LogP contribution in [0, 0.1) is 5.92 Å². The third-order valence-corrected chi connectivity index (χ3v) is 7.99. The lowest BCUT2D eigenvalue weighted by Crippen LogP contribution is -2.45. The number of sulfone groups is 1. The third kappa shape index (κ3) is 3.36. The molecule has 2 aliphatic heterocycles. The molecule has 2 atom stereocenters. The Morgan fingerprint density at radius 3 is 2.89 bits per heavy atom. The molecule has 1 fully saturated rings. The molecule has 7 nitrogen and oxygen atoms in total. The van der Waals surface area contributed by atoms with E-state index in [9.17, 15) is 13.2 Å². The molecular weight excluding hydrogens is 364 g/mol. The second kappa shape index (κ2) is 6.91. The van der Waals surface area contributed by atoms with Crippen LogP contribution in [0.4, 0.5) is 0 Å². The van der Waals surface area contributed by atoms with Crippen LogP contribution >= 0.6 is 0 Å². The van der Waals surface area contributed by atoms with Gasteiger partial charge < -0.3 is 14.5 Å². The van der Waals surface area contributed by atoms with Crippen LogP contribution in [0.15, 0.2) is 29.3 Å². The molecule has 4 heterocycles. The van der Waals surface area contributed by atoms with Crippen molar-refractivity contribution in [3.8, 4) is 11.4 Å². The average Bonchev–Trinajstić information content (AvgIpc) is 3.09. The second-order valence-electron chi connectivity index (χ2n) is 7.90. The Morgan fingerprint density at radius 2 is 2.11 bits per heavy atom. The second-order valence-corrected chi connectivity index (χ2v) is 10.6. The smallest absolute Gasteiger partial charge is 0.261 e. The molecule has 2 aromatic rings. The summed E-state index contributed by atoms with van der Waals surface area (Å²) in [6.45, 7) is 6.27. The molecule has 1 saturated heterocycles. The topological polar surface area (TPSA) is 86.0 Å². The molecule has 8 heteroatoms. The van der Waals surface area contributed by atoms with Crippen LogP contribution in [0.25, 0.3) is 11.4 Å². The van der Waals surface area contributed by atoms with Crippen molar-refractivity contribution in [2.24, 2.45) is 5.92 Å². The molecule has 27 heavy (non-hydrogen) atoms. The molecule has 0 spiro atoms. The predicted octanol–water partition coefficient (Wildman–Crippen LogP) is 1.24. The highest BCUT2D eigenvalue weighted by Crippen LogP contribution is 2.32. The van der Waals surface area contributed by atoms with Gasteiger partial charge in [-0.25, -0.2) is 13.4 Å². The quantitative estimate of drug-likeness (QED) is 0.830. The van der Waals surface area contributed by atoms with Crippen LogP contribution in [0.1, 0.15) is 31.9 Å². The lowest BCUT2D eigenvalue weighted by molar-refractivity contribution is 0.257. The minimum absolute atomic E-state index is 0.0248. The fourth-order valence-electron chi connectivity index (χ4n) is 4.16. The summed E-state index contributed by atoms with van der Waals surface area (Å²) < 4.78 is 28.0. The van der Waals surface area contributed by atoms with Gasteiger partial charge in [-0.05, 0) is 44.9 Å². The Kier molecular flexibility index (Phi) is 4.71. The van der Waals surface area contributed by atoms with Gasteiger partial charge in [-0.1, -0.05) is 0 Å². The van der Waals surface area contributed by atoms with Gasteiger partial charge in [0, 0.05) is 43.6 Å². The highest BCUT2D eigenvalue weighted by Gasteiger charge is 2.31. The first kappa shape index (κ1) is 18.4. The molecule has 2 aliphatic rings. The number of aryl methyl sites for hydroxylation is 1. The highest BCUT2D eigenvalue weighted by molar-refractivity contribution is 7.91. The fraction of sp³-hybridized carbons (Fsp3) is 0.579. The van der Waals surface area contributed by atoms with E-state index in [0.29, 0.717) is 29.8 Å². The zero-order chi connectivity index (χ0) is 19.2. The minimum Gasteiger partial charge on any atom is -0.330 e. The SMILES string of the molecule is CC(C)S(=O)(=O)CCn1ccnc1-c1ccc2n(c1=O)C[C@@H]1CNC[C@H]2C1. The summed E-state index contributed by atoms with van der Waals surface area (Å²) in [4.78, 5) is 17.5. The number of hydrogen-bond acceptors (Lipinski definition) is 5. The molecule has 0 amide bonds. The molecule has 0 radical (unpaired) electrons. The number of hydrogen-bond donors (Lipinski definition) is 1. The predicted molar refractivity (Wildman–Crippen MR) is 105 cm³/mol. The van der Waals surface area contributed by atoms with Crippen molar-refractivity contribution in [3.05, 3.63) is 40.6 Å². The van der Waals surface area contributed by atoms with Gasteiger partial charge in [-0.15, -0.1) is 0 Å². The summed E-state index contributed by atoms with van der Waals surface area (Å²) >= 11 is 0. The average molecular weight is 391 g/mol. The molecule has 0 unspecified atom stereocenters. The van der Waals surface area contributed by atoms with Gasteiger partial charge in [-0.2, -0.15) is 0 Å². The van der Waals surface area contributed by atoms with Gasteiger partial charge in [0.2, 0.25) is 0 Å². The van der Waals surface area contributed by atoms with E-state index < -0.39 is 15.1 Å². The molecule has 0 aliphatic carbocycles. The molecule has 0 saturated carbocycles. The van der Waals surface area contributed by atoms with Crippen molar-refractivity contribution >= 4 is 9.84 Å². The molecule has 2 bridgehead atoms. The summed E-state index contributed by atoms with van der Waals surface area (Å²) in [5.74, 6) is 1.45. The largest absolute Gasteiger partial charge is 0.330 e. The van der Waals surface area contributed by atoms with E-state index in [1.807, 2.05) is 16.7 Å². The van der Waals surface area contributed by atoms with Gasteiger partial charge in [0.05, 0.1) is 16.6 Å². The summed E-state index contributed by atoms with van der Waals surface area (Å²) in [6.07, 6.45) is 4.50. The fourth-order valence-corrected chi connectivity index (χ4v) is 5.08. The van der Waals surface area contributed by atoms with E-state index in [1.165, 1.54) is 0 Å². The van der Waals surface area contributed by atoms with E-state index in [0.717, 1.165) is 31.7 Å². The van der Waals surface area contributed by atoms with Crippen LogP contribution in [-0.4, -0.2) is 46.6 Å². The summed E-state index contributed by atoms with van der Waals surface area (Å²) in [6, 6.07) is 3.88. The standard InChI is InChI=1S/C19H26N4O3S/c1-13(2)27(25,26)8-7-22-6-5-21-18(22)16-3-4-17-15-9-14(10-20-11-15)12-23(17)19(16)24/h3-6,13-15,20H,7-12H2,1-2H3/t14-,15+/m0/s1. The zero-order valence-electron chi connectivity index (χ0n) is 15.8. The van der Waals surface area contributed by atoms with Crippen LogP contribution in [-0.2, 0) is 22.9 Å². The van der Waals surface area contributed by atoms with E-state index in [2.05, 4.69) is 10.3 Å². The van der Waals surface area contributed by atoms with E-state index in [1.54, 1.807) is 30.8 Å². The minimum atomic E-state index is -3.15. The van der Waals surface area contributed by atoms with Crippen LogP contribution < -0.4 is 10.9 Å². The zero-order valence-corrected chi connectivity index (χ0v) is 16.6. The lowest BCUT2D eigenvalue weighted by Gasteiger charge is -2.37. The maximum absolute atomic E-state index is 13.2. The van der Waals surface area contributed by atoms with Gasteiger partial charge >= 0.3 is 0 Å². The van der Waals surface area contributed by atoms with Crippen molar-refractivity contribution in [2.45, 2.75) is 44.5 Å². The Bertz CT molecular complexity index is 1010. The summed E-state index contributed by atoms with van der Waals surface area (Å²) in [7, 11) is -3.15. The number of fused-ring (bicyclic) bond motifs is 4. The normalized spacial score (nSPS) is 22.0. The van der Waals surface area contributed by atoms with Crippen molar-refractivity contribution < 1.29 is 8.42 Å². The van der Waals surface area contributed by atoms with Crippen LogP contribution in [0.2, 0.25) is 0 Å². The molecule has 146 valence electrons. The van der Waals surface area contributed by atoms with Crippen LogP contribution in [0.3, 0.4) is 0 Å². The van der Waals surface area contributed by atoms with Gasteiger partial charge in [-0.3, -0.25) is 4.79 Å². The Morgan fingerprint density at radius 1 is 1.30 bits per heavy atom.